The van der Waals surface area contributed by atoms with Gasteiger partial charge in [0.2, 0.25) is 11.8 Å². The van der Waals surface area contributed by atoms with Crippen molar-refractivity contribution in [3.05, 3.63) is 0 Å². The van der Waals surface area contributed by atoms with Gasteiger partial charge in [0.05, 0.1) is 6.54 Å². The van der Waals surface area contributed by atoms with Crippen molar-refractivity contribution in [3.63, 3.8) is 0 Å². The van der Waals surface area contributed by atoms with Gasteiger partial charge >= 0.3 is 0 Å². The first-order valence-electron chi connectivity index (χ1n) is 2.76. The molecule has 0 aromatic heterocycles. The van der Waals surface area contributed by atoms with E-state index in [1.165, 1.54) is 0 Å². The zero-order valence-electron chi connectivity index (χ0n) is 5.09. The van der Waals surface area contributed by atoms with Gasteiger partial charge < -0.3 is 15.4 Å². The molecule has 5 heteroatoms. The Morgan fingerprint density at radius 3 is 2.70 bits per heavy atom. The molecule has 5 nitrogen and oxygen atoms in total. The molecule has 10 heavy (non-hydrogen) atoms. The van der Waals surface area contributed by atoms with Crippen LogP contribution in [-0.4, -0.2) is 30.7 Å². The zero-order chi connectivity index (χ0) is 7.56. The SMILES string of the molecule is O=CC1NC(=O)CNC1=O. The van der Waals surface area contributed by atoms with Crippen molar-refractivity contribution >= 4 is 18.1 Å². The number of rotatable bonds is 1. The van der Waals surface area contributed by atoms with Crippen LogP contribution in [0.15, 0.2) is 0 Å². The minimum absolute atomic E-state index is 0.0385. The van der Waals surface area contributed by atoms with E-state index >= 15 is 0 Å². The van der Waals surface area contributed by atoms with Gasteiger partial charge in [0.25, 0.3) is 0 Å². The summed E-state index contributed by atoms with van der Waals surface area (Å²) in [7, 11) is 0. The first kappa shape index (κ1) is 6.73. The monoisotopic (exact) mass is 142 g/mol. The Morgan fingerprint density at radius 2 is 2.20 bits per heavy atom. The van der Waals surface area contributed by atoms with E-state index in [0.717, 1.165) is 0 Å². The molecule has 1 rings (SSSR count). The largest absolute Gasteiger partial charge is 0.345 e. The second-order valence-electron chi connectivity index (χ2n) is 1.90. The predicted octanol–water partition coefficient (Wildman–Crippen LogP) is -2.20. The highest BCUT2D eigenvalue weighted by molar-refractivity contribution is 6.03. The van der Waals surface area contributed by atoms with Gasteiger partial charge in [-0.2, -0.15) is 0 Å². The first-order valence-corrected chi connectivity index (χ1v) is 2.76. The molecule has 2 amide bonds. The summed E-state index contributed by atoms with van der Waals surface area (Å²) < 4.78 is 0. The molecule has 1 aliphatic heterocycles. The fourth-order valence-electron chi connectivity index (χ4n) is 0.663. The van der Waals surface area contributed by atoms with Crippen molar-refractivity contribution in [2.24, 2.45) is 0 Å². The third-order valence-corrected chi connectivity index (χ3v) is 1.16. The van der Waals surface area contributed by atoms with Gasteiger partial charge in [-0.3, -0.25) is 9.59 Å². The van der Waals surface area contributed by atoms with Crippen LogP contribution in [-0.2, 0) is 14.4 Å². The Labute approximate surface area is 56.8 Å². The van der Waals surface area contributed by atoms with Gasteiger partial charge in [-0.05, 0) is 0 Å². The highest BCUT2D eigenvalue weighted by atomic mass is 16.2. The van der Waals surface area contributed by atoms with E-state index in [0.29, 0.717) is 6.29 Å². The number of carbonyl (C=O) groups is 3. The standard InChI is InChI=1S/C5H6N2O3/c8-2-3-5(10)6-1-4(9)7-3/h2-3H,1H2,(H,6,10)(H,7,9). The van der Waals surface area contributed by atoms with Crippen molar-refractivity contribution < 1.29 is 14.4 Å². The number of carbonyl (C=O) groups excluding carboxylic acids is 3. The fraction of sp³-hybridized carbons (Fsp3) is 0.400. The molecule has 54 valence electrons. The van der Waals surface area contributed by atoms with Crippen LogP contribution in [0.1, 0.15) is 0 Å². The molecule has 0 radical (unpaired) electrons. The maximum atomic E-state index is 10.6. The van der Waals surface area contributed by atoms with Gasteiger partial charge in [-0.25, -0.2) is 0 Å². The lowest BCUT2D eigenvalue weighted by atomic mass is 10.2. The van der Waals surface area contributed by atoms with Crippen molar-refractivity contribution in [1.82, 2.24) is 10.6 Å². The maximum absolute atomic E-state index is 10.6. The lowest BCUT2D eigenvalue weighted by molar-refractivity contribution is -0.136. The summed E-state index contributed by atoms with van der Waals surface area (Å²) in [6, 6.07) is -0.999. The summed E-state index contributed by atoms with van der Waals surface area (Å²) in [5.41, 5.74) is 0. The van der Waals surface area contributed by atoms with Crippen molar-refractivity contribution in [3.8, 4) is 0 Å². The highest BCUT2D eigenvalue weighted by Crippen LogP contribution is 1.84. The van der Waals surface area contributed by atoms with Crippen LogP contribution in [0.3, 0.4) is 0 Å². The zero-order valence-corrected chi connectivity index (χ0v) is 5.09. The Morgan fingerprint density at radius 1 is 1.50 bits per heavy atom. The van der Waals surface area contributed by atoms with E-state index in [1.807, 2.05) is 0 Å². The minimum atomic E-state index is -0.999. The molecule has 0 aromatic rings. The lowest BCUT2D eigenvalue weighted by Crippen LogP contribution is -2.56. The molecule has 0 aromatic carbocycles. The molecule has 0 saturated carbocycles. The number of hydrogen-bond acceptors (Lipinski definition) is 3. The maximum Gasteiger partial charge on any atom is 0.250 e. The summed E-state index contributed by atoms with van der Waals surface area (Å²) in [4.78, 5) is 31.1. The number of hydrogen-bond donors (Lipinski definition) is 2. The summed E-state index contributed by atoms with van der Waals surface area (Å²) >= 11 is 0. The normalized spacial score (nSPS) is 25.0. The van der Waals surface area contributed by atoms with E-state index in [1.54, 1.807) is 0 Å². The van der Waals surface area contributed by atoms with Gasteiger partial charge in [0.15, 0.2) is 12.3 Å². The molecule has 0 aliphatic carbocycles. The summed E-state index contributed by atoms with van der Waals surface area (Å²) in [5.74, 6) is -0.786. The topological polar surface area (TPSA) is 75.3 Å². The van der Waals surface area contributed by atoms with E-state index < -0.39 is 11.9 Å². The smallest absolute Gasteiger partial charge is 0.250 e. The summed E-state index contributed by atoms with van der Waals surface area (Å²) in [6.45, 7) is -0.0385. The van der Waals surface area contributed by atoms with Crippen LogP contribution in [0.25, 0.3) is 0 Å². The number of aldehydes is 1. The van der Waals surface area contributed by atoms with Gasteiger partial charge in [0, 0.05) is 0 Å². The molecule has 1 heterocycles. The van der Waals surface area contributed by atoms with Crippen LogP contribution in [0, 0.1) is 0 Å². The fourth-order valence-corrected chi connectivity index (χ4v) is 0.663. The molecule has 1 aliphatic rings. The average Bonchev–Trinajstić information content (AvgIpc) is 1.94. The van der Waals surface area contributed by atoms with Crippen molar-refractivity contribution in [2.75, 3.05) is 6.54 Å². The van der Waals surface area contributed by atoms with Crippen molar-refractivity contribution in [1.29, 1.82) is 0 Å². The molecule has 0 spiro atoms. The van der Waals surface area contributed by atoms with Crippen molar-refractivity contribution in [2.45, 2.75) is 6.04 Å². The van der Waals surface area contributed by atoms with Gasteiger partial charge in [-0.15, -0.1) is 0 Å². The first-order chi connectivity index (χ1) is 4.74. The van der Waals surface area contributed by atoms with Gasteiger partial charge in [-0.1, -0.05) is 0 Å². The average molecular weight is 142 g/mol. The third-order valence-electron chi connectivity index (χ3n) is 1.16. The quantitative estimate of drug-likeness (QED) is 0.322. The Hall–Kier alpha value is -1.39. The molecular weight excluding hydrogens is 136 g/mol. The van der Waals surface area contributed by atoms with Gasteiger partial charge in [0.1, 0.15) is 0 Å². The molecule has 1 fully saturated rings. The lowest BCUT2D eigenvalue weighted by Gasteiger charge is -2.17. The number of amides is 2. The van der Waals surface area contributed by atoms with Crippen LogP contribution in [0.4, 0.5) is 0 Å². The summed E-state index contributed by atoms with van der Waals surface area (Å²) in [6.07, 6.45) is 0.395. The molecule has 2 N–H and O–H groups in total. The van der Waals surface area contributed by atoms with E-state index in [-0.39, 0.29) is 12.5 Å². The van der Waals surface area contributed by atoms with E-state index in [2.05, 4.69) is 10.6 Å². The Balaban J connectivity index is 2.62. The molecular formula is C5H6N2O3. The molecule has 1 unspecified atom stereocenters. The van der Waals surface area contributed by atoms with Crippen LogP contribution in [0.5, 0.6) is 0 Å². The predicted molar refractivity (Wildman–Crippen MR) is 31.0 cm³/mol. The number of piperazine rings is 1. The second kappa shape index (κ2) is 2.47. The highest BCUT2D eigenvalue weighted by Gasteiger charge is 2.24. The van der Waals surface area contributed by atoms with E-state index in [4.69, 9.17) is 0 Å². The Kier molecular flexibility index (Phi) is 1.66. The van der Waals surface area contributed by atoms with Crippen LogP contribution >= 0.6 is 0 Å². The molecule has 1 saturated heterocycles. The minimum Gasteiger partial charge on any atom is -0.345 e. The van der Waals surface area contributed by atoms with E-state index in [9.17, 15) is 14.4 Å². The Bertz CT molecular complexity index is 189. The summed E-state index contributed by atoms with van der Waals surface area (Å²) in [5, 5.41) is 4.45. The molecule has 0 bridgehead atoms. The third kappa shape index (κ3) is 1.12. The number of nitrogens with one attached hydrogen (secondary N) is 2. The second-order valence-corrected chi connectivity index (χ2v) is 1.90. The van der Waals surface area contributed by atoms with Crippen LogP contribution < -0.4 is 10.6 Å². The van der Waals surface area contributed by atoms with Crippen LogP contribution in [0.2, 0.25) is 0 Å². The molecule has 1 atom stereocenters.